The molecule has 3 heteroatoms. The van der Waals surface area contributed by atoms with Gasteiger partial charge in [0.05, 0.1) is 7.11 Å². The van der Waals surface area contributed by atoms with E-state index in [9.17, 15) is 5.11 Å². The number of piperidine rings is 1. The first-order valence-corrected chi connectivity index (χ1v) is 6.59. The van der Waals surface area contributed by atoms with Gasteiger partial charge in [-0.15, -0.1) is 0 Å². The Bertz CT molecular complexity index is 403. The van der Waals surface area contributed by atoms with E-state index in [0.29, 0.717) is 5.92 Å². The molecule has 1 fully saturated rings. The van der Waals surface area contributed by atoms with Gasteiger partial charge in [-0.2, -0.15) is 0 Å². The maximum atomic E-state index is 9.38. The van der Waals surface area contributed by atoms with Crippen LogP contribution in [0.25, 0.3) is 0 Å². The average Bonchev–Trinajstić information content (AvgIpc) is 2.38. The van der Waals surface area contributed by atoms with Crippen LogP contribution in [0.2, 0.25) is 0 Å². The zero-order valence-corrected chi connectivity index (χ0v) is 11.5. The highest BCUT2D eigenvalue weighted by Gasteiger charge is 2.34. The fourth-order valence-electron chi connectivity index (χ4n) is 2.67. The highest BCUT2D eigenvalue weighted by molar-refractivity contribution is 5.53. The van der Waals surface area contributed by atoms with Crippen molar-refractivity contribution in [3.63, 3.8) is 0 Å². The minimum absolute atomic E-state index is 0.137. The molecule has 0 spiro atoms. The lowest BCUT2D eigenvalue weighted by Gasteiger charge is -2.47. The number of methoxy groups -OCH3 is 1. The molecule has 0 aromatic heterocycles. The topological polar surface area (TPSA) is 32.7 Å². The molecule has 1 heterocycles. The van der Waals surface area contributed by atoms with Gasteiger partial charge in [0.25, 0.3) is 0 Å². The summed E-state index contributed by atoms with van der Waals surface area (Å²) in [6, 6.07) is 8.17. The van der Waals surface area contributed by atoms with Crippen molar-refractivity contribution in [2.24, 2.45) is 5.92 Å². The van der Waals surface area contributed by atoms with Crippen molar-refractivity contribution in [2.45, 2.75) is 32.2 Å². The normalized spacial score (nSPS) is 22.9. The molecule has 100 valence electrons. The van der Waals surface area contributed by atoms with Gasteiger partial charge < -0.3 is 14.7 Å². The summed E-state index contributed by atoms with van der Waals surface area (Å²) in [6.45, 7) is 5.72. The van der Waals surface area contributed by atoms with Crippen LogP contribution in [-0.4, -0.2) is 30.9 Å². The van der Waals surface area contributed by atoms with Crippen molar-refractivity contribution in [3.05, 3.63) is 24.3 Å². The first kappa shape index (κ1) is 13.2. The lowest BCUT2D eigenvalue weighted by Crippen LogP contribution is -2.51. The van der Waals surface area contributed by atoms with Gasteiger partial charge in [0, 0.05) is 30.4 Å². The molecule has 0 saturated carbocycles. The molecular weight excluding hydrogens is 226 g/mol. The smallest absolute Gasteiger partial charge is 0.120 e. The van der Waals surface area contributed by atoms with Crippen LogP contribution in [0.1, 0.15) is 26.7 Å². The Kier molecular flexibility index (Phi) is 3.81. The van der Waals surface area contributed by atoms with Gasteiger partial charge in [-0.3, -0.25) is 0 Å². The molecule has 1 atom stereocenters. The Hall–Kier alpha value is -1.22. The molecule has 2 rings (SSSR count). The number of hydrogen-bond donors (Lipinski definition) is 1. The average molecular weight is 249 g/mol. The summed E-state index contributed by atoms with van der Waals surface area (Å²) >= 11 is 0. The molecule has 0 aliphatic carbocycles. The van der Waals surface area contributed by atoms with Crippen LogP contribution in [-0.2, 0) is 0 Å². The second kappa shape index (κ2) is 5.19. The quantitative estimate of drug-likeness (QED) is 0.894. The molecule has 1 saturated heterocycles. The maximum Gasteiger partial charge on any atom is 0.120 e. The van der Waals surface area contributed by atoms with Crippen molar-refractivity contribution >= 4 is 5.69 Å². The Morgan fingerprint density at radius 2 is 2.22 bits per heavy atom. The number of benzene rings is 1. The highest BCUT2D eigenvalue weighted by atomic mass is 16.5. The molecule has 1 aromatic rings. The predicted molar refractivity (Wildman–Crippen MR) is 74.2 cm³/mol. The minimum Gasteiger partial charge on any atom is -0.497 e. The second-order valence-corrected chi connectivity index (χ2v) is 5.71. The second-order valence-electron chi connectivity index (χ2n) is 5.71. The summed E-state index contributed by atoms with van der Waals surface area (Å²) in [5, 5.41) is 9.38. The SMILES string of the molecule is COc1cccc(N2CC(CO)CCC2(C)C)c1. The first-order valence-electron chi connectivity index (χ1n) is 6.59. The van der Waals surface area contributed by atoms with Crippen molar-refractivity contribution in [1.82, 2.24) is 0 Å². The summed E-state index contributed by atoms with van der Waals surface area (Å²) in [5.41, 5.74) is 1.32. The molecule has 0 radical (unpaired) electrons. The fourth-order valence-corrected chi connectivity index (χ4v) is 2.67. The van der Waals surface area contributed by atoms with Crippen molar-refractivity contribution in [3.8, 4) is 5.75 Å². The molecule has 3 nitrogen and oxygen atoms in total. The Balaban J connectivity index is 2.27. The number of aliphatic hydroxyl groups is 1. The van der Waals surface area contributed by atoms with Gasteiger partial charge in [-0.1, -0.05) is 6.07 Å². The van der Waals surface area contributed by atoms with Gasteiger partial charge >= 0.3 is 0 Å². The summed E-state index contributed by atoms with van der Waals surface area (Å²) in [6.07, 6.45) is 2.21. The van der Waals surface area contributed by atoms with E-state index in [4.69, 9.17) is 4.74 Å². The van der Waals surface area contributed by atoms with Gasteiger partial charge in [0.15, 0.2) is 0 Å². The van der Waals surface area contributed by atoms with E-state index >= 15 is 0 Å². The molecule has 1 aliphatic rings. The zero-order chi connectivity index (χ0) is 13.2. The summed E-state index contributed by atoms with van der Waals surface area (Å²) < 4.78 is 5.29. The van der Waals surface area contributed by atoms with Crippen molar-refractivity contribution in [1.29, 1.82) is 0 Å². The number of aliphatic hydroxyl groups excluding tert-OH is 1. The van der Waals surface area contributed by atoms with Crippen LogP contribution in [0.15, 0.2) is 24.3 Å². The highest BCUT2D eigenvalue weighted by Crippen LogP contribution is 2.35. The molecule has 18 heavy (non-hydrogen) atoms. The van der Waals surface area contributed by atoms with Gasteiger partial charge in [0.2, 0.25) is 0 Å². The Labute approximate surface area is 109 Å². The predicted octanol–water partition coefficient (Wildman–Crippen LogP) is 2.68. The van der Waals surface area contributed by atoms with Crippen LogP contribution in [0.5, 0.6) is 5.75 Å². The number of nitrogens with zero attached hydrogens (tertiary/aromatic N) is 1. The van der Waals surface area contributed by atoms with Crippen molar-refractivity contribution in [2.75, 3.05) is 25.2 Å². The lowest BCUT2D eigenvalue weighted by atomic mass is 9.84. The van der Waals surface area contributed by atoms with Crippen molar-refractivity contribution < 1.29 is 9.84 Å². The molecule has 1 N–H and O–H groups in total. The number of ether oxygens (including phenoxy) is 1. The Morgan fingerprint density at radius 3 is 2.89 bits per heavy atom. The lowest BCUT2D eigenvalue weighted by molar-refractivity contribution is 0.181. The zero-order valence-electron chi connectivity index (χ0n) is 11.5. The number of hydrogen-bond acceptors (Lipinski definition) is 3. The van der Waals surface area contributed by atoms with Crippen LogP contribution in [0, 0.1) is 5.92 Å². The van der Waals surface area contributed by atoms with Crippen LogP contribution >= 0.6 is 0 Å². The largest absolute Gasteiger partial charge is 0.497 e. The van der Waals surface area contributed by atoms with E-state index in [-0.39, 0.29) is 12.1 Å². The third-order valence-corrected chi connectivity index (χ3v) is 3.96. The number of rotatable bonds is 3. The Morgan fingerprint density at radius 1 is 1.44 bits per heavy atom. The summed E-state index contributed by atoms with van der Waals surface area (Å²) in [4.78, 5) is 2.39. The van der Waals surface area contributed by atoms with E-state index < -0.39 is 0 Å². The van der Waals surface area contributed by atoms with E-state index in [2.05, 4.69) is 30.9 Å². The van der Waals surface area contributed by atoms with Crippen LogP contribution in [0.4, 0.5) is 5.69 Å². The molecule has 1 unspecified atom stereocenters. The minimum atomic E-state index is 0.137. The van der Waals surface area contributed by atoms with E-state index in [0.717, 1.165) is 25.1 Å². The molecule has 0 bridgehead atoms. The third-order valence-electron chi connectivity index (χ3n) is 3.96. The van der Waals surface area contributed by atoms with Crippen LogP contribution in [0.3, 0.4) is 0 Å². The monoisotopic (exact) mass is 249 g/mol. The van der Waals surface area contributed by atoms with E-state index in [1.165, 1.54) is 5.69 Å². The molecule has 1 aliphatic heterocycles. The van der Waals surface area contributed by atoms with Gasteiger partial charge in [0.1, 0.15) is 5.75 Å². The third kappa shape index (κ3) is 2.61. The fraction of sp³-hybridized carbons (Fsp3) is 0.600. The van der Waals surface area contributed by atoms with E-state index in [1.54, 1.807) is 7.11 Å². The maximum absolute atomic E-state index is 9.38. The van der Waals surface area contributed by atoms with Crippen LogP contribution < -0.4 is 9.64 Å². The standard InChI is InChI=1S/C15H23NO2/c1-15(2)8-7-12(11-17)10-16(15)13-5-4-6-14(9-13)18-3/h4-6,9,12,17H,7-8,10-11H2,1-3H3. The number of anilines is 1. The molecule has 1 aromatic carbocycles. The van der Waals surface area contributed by atoms with Gasteiger partial charge in [-0.25, -0.2) is 0 Å². The van der Waals surface area contributed by atoms with Gasteiger partial charge in [-0.05, 0) is 44.7 Å². The first-order chi connectivity index (χ1) is 8.56. The molecule has 0 amide bonds. The van der Waals surface area contributed by atoms with E-state index in [1.807, 2.05) is 12.1 Å². The summed E-state index contributed by atoms with van der Waals surface area (Å²) in [7, 11) is 1.69. The summed E-state index contributed by atoms with van der Waals surface area (Å²) in [5.74, 6) is 1.26. The molecular formula is C15H23NO2.